The topological polar surface area (TPSA) is 49.6 Å². The summed E-state index contributed by atoms with van der Waals surface area (Å²) in [6.45, 7) is 2.02. The molecular formula is C15H19N3O2. The summed E-state index contributed by atoms with van der Waals surface area (Å²) in [6.07, 6.45) is 1.42. The third kappa shape index (κ3) is 3.93. The fourth-order valence-corrected chi connectivity index (χ4v) is 1.86. The molecule has 0 N–H and O–H groups in total. The molecule has 2 aromatic rings. The van der Waals surface area contributed by atoms with Crippen molar-refractivity contribution in [1.29, 1.82) is 0 Å². The summed E-state index contributed by atoms with van der Waals surface area (Å²) in [5, 5.41) is 3.73. The third-order valence-electron chi connectivity index (χ3n) is 2.98. The van der Waals surface area contributed by atoms with Gasteiger partial charge in [-0.1, -0.05) is 35.5 Å². The summed E-state index contributed by atoms with van der Waals surface area (Å²) in [5.74, 6) is -0.107. The number of aromatic nitrogens is 1. The van der Waals surface area contributed by atoms with Crippen molar-refractivity contribution < 1.29 is 9.32 Å². The lowest BCUT2D eigenvalue weighted by molar-refractivity contribution is 0.0721. The smallest absolute Gasteiger partial charge is 0.276 e. The molecule has 0 bridgehead atoms. The lowest BCUT2D eigenvalue weighted by Crippen LogP contribution is -2.36. The van der Waals surface area contributed by atoms with Crippen molar-refractivity contribution in [2.75, 3.05) is 27.2 Å². The molecule has 20 heavy (non-hydrogen) atoms. The van der Waals surface area contributed by atoms with Crippen molar-refractivity contribution >= 4 is 5.91 Å². The molecule has 5 heteroatoms. The minimum Gasteiger partial charge on any atom is -0.364 e. The molecule has 0 radical (unpaired) electrons. The van der Waals surface area contributed by atoms with Crippen LogP contribution >= 0.6 is 0 Å². The van der Waals surface area contributed by atoms with Crippen molar-refractivity contribution in [3.05, 3.63) is 53.9 Å². The van der Waals surface area contributed by atoms with Crippen LogP contribution in [0, 0.1) is 0 Å². The molecule has 0 aliphatic heterocycles. The van der Waals surface area contributed by atoms with Crippen molar-refractivity contribution in [1.82, 2.24) is 15.0 Å². The second-order valence-corrected chi connectivity index (χ2v) is 4.90. The van der Waals surface area contributed by atoms with Crippen molar-refractivity contribution in [2.24, 2.45) is 0 Å². The molecule has 0 saturated heterocycles. The molecule has 0 unspecified atom stereocenters. The Kier molecular flexibility index (Phi) is 4.90. The van der Waals surface area contributed by atoms with E-state index in [4.69, 9.17) is 4.52 Å². The minimum absolute atomic E-state index is 0.107. The zero-order valence-corrected chi connectivity index (χ0v) is 11.8. The third-order valence-corrected chi connectivity index (χ3v) is 2.98. The van der Waals surface area contributed by atoms with Gasteiger partial charge in [0.1, 0.15) is 6.26 Å². The zero-order valence-electron chi connectivity index (χ0n) is 11.8. The van der Waals surface area contributed by atoms with Crippen LogP contribution in [0.2, 0.25) is 0 Å². The molecule has 0 atom stereocenters. The van der Waals surface area contributed by atoms with Crippen LogP contribution in [-0.4, -0.2) is 48.0 Å². The lowest BCUT2D eigenvalue weighted by Gasteiger charge is -2.23. The highest BCUT2D eigenvalue weighted by molar-refractivity contribution is 5.92. The van der Waals surface area contributed by atoms with Crippen LogP contribution in [0.25, 0.3) is 0 Å². The standard InChI is InChI=1S/C15H19N3O2/c1-17(2)9-10-18(12-13-6-4-3-5-7-13)15(19)14-8-11-20-16-14/h3-8,11H,9-10,12H2,1-2H3. The number of hydrogen-bond acceptors (Lipinski definition) is 4. The molecule has 1 aromatic heterocycles. The van der Waals surface area contributed by atoms with Crippen molar-refractivity contribution in [3.8, 4) is 0 Å². The highest BCUT2D eigenvalue weighted by atomic mass is 16.5. The molecule has 0 aliphatic rings. The van der Waals surface area contributed by atoms with Gasteiger partial charge in [0.15, 0.2) is 5.69 Å². The number of hydrogen-bond donors (Lipinski definition) is 0. The van der Waals surface area contributed by atoms with Crippen LogP contribution in [0.15, 0.2) is 47.2 Å². The van der Waals surface area contributed by atoms with E-state index < -0.39 is 0 Å². The molecule has 0 fully saturated rings. The number of carbonyl (C=O) groups excluding carboxylic acids is 1. The van der Waals surface area contributed by atoms with Crippen LogP contribution in [0.4, 0.5) is 0 Å². The summed E-state index contributed by atoms with van der Waals surface area (Å²) >= 11 is 0. The van der Waals surface area contributed by atoms with E-state index in [0.29, 0.717) is 18.8 Å². The molecule has 0 saturated carbocycles. The monoisotopic (exact) mass is 273 g/mol. The summed E-state index contributed by atoms with van der Waals surface area (Å²) in [5.41, 5.74) is 1.45. The average molecular weight is 273 g/mol. The first-order valence-corrected chi connectivity index (χ1v) is 6.55. The van der Waals surface area contributed by atoms with Gasteiger partial charge < -0.3 is 14.3 Å². The molecule has 0 spiro atoms. The first-order valence-electron chi connectivity index (χ1n) is 6.55. The van der Waals surface area contributed by atoms with E-state index in [1.165, 1.54) is 6.26 Å². The van der Waals surface area contributed by atoms with E-state index >= 15 is 0 Å². The number of carbonyl (C=O) groups is 1. The van der Waals surface area contributed by atoms with Gasteiger partial charge in [-0.15, -0.1) is 0 Å². The Morgan fingerprint density at radius 3 is 2.50 bits per heavy atom. The Hall–Kier alpha value is -2.14. The quantitative estimate of drug-likeness (QED) is 0.806. The van der Waals surface area contributed by atoms with Crippen LogP contribution in [0.5, 0.6) is 0 Å². The Bertz CT molecular complexity index is 523. The van der Waals surface area contributed by atoms with Gasteiger partial charge >= 0.3 is 0 Å². The molecule has 1 aromatic carbocycles. The van der Waals surface area contributed by atoms with Crippen LogP contribution in [0.3, 0.4) is 0 Å². The van der Waals surface area contributed by atoms with Gasteiger partial charge in [0, 0.05) is 25.7 Å². The molecule has 1 amide bonds. The molecule has 1 heterocycles. The zero-order chi connectivity index (χ0) is 14.4. The minimum atomic E-state index is -0.107. The second-order valence-electron chi connectivity index (χ2n) is 4.90. The van der Waals surface area contributed by atoms with Crippen molar-refractivity contribution in [3.63, 3.8) is 0 Å². The lowest BCUT2D eigenvalue weighted by atomic mass is 10.2. The number of likely N-dealkylation sites (N-methyl/N-ethyl adjacent to an activating group) is 1. The average Bonchev–Trinajstić information content (AvgIpc) is 2.97. The Morgan fingerprint density at radius 2 is 1.90 bits per heavy atom. The largest absolute Gasteiger partial charge is 0.364 e. The SMILES string of the molecule is CN(C)CCN(Cc1ccccc1)C(=O)c1ccon1. The first kappa shape index (κ1) is 14.3. The van der Waals surface area contributed by atoms with E-state index in [9.17, 15) is 4.79 Å². The van der Waals surface area contributed by atoms with Gasteiger partial charge in [0.2, 0.25) is 0 Å². The van der Waals surface area contributed by atoms with Gasteiger partial charge in [-0.2, -0.15) is 0 Å². The van der Waals surface area contributed by atoms with Gasteiger partial charge in [0.05, 0.1) is 0 Å². The second kappa shape index (κ2) is 6.86. The maximum Gasteiger partial charge on any atom is 0.276 e. The number of rotatable bonds is 6. The maximum absolute atomic E-state index is 12.4. The first-order chi connectivity index (χ1) is 9.66. The molecule has 0 aliphatic carbocycles. The highest BCUT2D eigenvalue weighted by Crippen LogP contribution is 2.09. The van der Waals surface area contributed by atoms with Crippen molar-refractivity contribution in [2.45, 2.75) is 6.54 Å². The van der Waals surface area contributed by atoms with Gasteiger partial charge in [0.25, 0.3) is 5.91 Å². The predicted octanol–water partition coefficient (Wildman–Crippen LogP) is 1.88. The van der Waals surface area contributed by atoms with Gasteiger partial charge in [-0.3, -0.25) is 4.79 Å². The van der Waals surface area contributed by atoms with E-state index in [0.717, 1.165) is 12.1 Å². The summed E-state index contributed by atoms with van der Waals surface area (Å²) < 4.78 is 4.75. The molecule has 106 valence electrons. The maximum atomic E-state index is 12.4. The highest BCUT2D eigenvalue weighted by Gasteiger charge is 2.18. The number of nitrogens with zero attached hydrogens (tertiary/aromatic N) is 3. The number of amides is 1. The summed E-state index contributed by atoms with van der Waals surface area (Å²) in [7, 11) is 3.97. The molecule has 5 nitrogen and oxygen atoms in total. The molecule has 2 rings (SSSR count). The van der Waals surface area contributed by atoms with Crippen LogP contribution in [-0.2, 0) is 6.54 Å². The Labute approximate surface area is 118 Å². The van der Waals surface area contributed by atoms with Crippen LogP contribution < -0.4 is 0 Å². The molecular weight excluding hydrogens is 254 g/mol. The van der Waals surface area contributed by atoms with E-state index in [1.54, 1.807) is 11.0 Å². The summed E-state index contributed by atoms with van der Waals surface area (Å²) in [4.78, 5) is 16.2. The summed E-state index contributed by atoms with van der Waals surface area (Å²) in [6, 6.07) is 11.5. The van der Waals surface area contributed by atoms with E-state index in [2.05, 4.69) is 5.16 Å². The fourth-order valence-electron chi connectivity index (χ4n) is 1.86. The number of benzene rings is 1. The van der Waals surface area contributed by atoms with Gasteiger partial charge in [-0.05, 0) is 19.7 Å². The van der Waals surface area contributed by atoms with E-state index in [-0.39, 0.29) is 5.91 Å². The van der Waals surface area contributed by atoms with Gasteiger partial charge in [-0.25, -0.2) is 0 Å². The Balaban J connectivity index is 2.10. The predicted molar refractivity (Wildman–Crippen MR) is 76.2 cm³/mol. The normalized spacial score (nSPS) is 10.8. The van der Waals surface area contributed by atoms with Crippen LogP contribution in [0.1, 0.15) is 16.1 Å². The van der Waals surface area contributed by atoms with E-state index in [1.807, 2.05) is 49.3 Å². The Morgan fingerprint density at radius 1 is 1.15 bits per heavy atom. The fraction of sp³-hybridized carbons (Fsp3) is 0.333.